The monoisotopic (exact) mass is 291 g/mol. The highest BCUT2D eigenvalue weighted by atomic mass is 32.2. The molecule has 0 amide bonds. The third-order valence-electron chi connectivity index (χ3n) is 3.66. The van der Waals surface area contributed by atoms with Crippen molar-refractivity contribution in [3.05, 3.63) is 0 Å². The number of thioether (sulfide) groups is 1. The molecule has 0 bridgehead atoms. The highest BCUT2D eigenvalue weighted by Gasteiger charge is 2.07. The average Bonchev–Trinajstić information content (AvgIpc) is 2.38. The number of nitrogens with zero attached hydrogens (tertiary/aromatic N) is 1. The highest BCUT2D eigenvalue weighted by Crippen LogP contribution is 2.10. The second-order valence-electron chi connectivity index (χ2n) is 5.31. The molecule has 0 N–H and O–H groups in total. The topological polar surface area (TPSA) is 3.24 Å². The van der Waals surface area contributed by atoms with Gasteiger partial charge in [-0.1, -0.05) is 32.1 Å². The van der Waals surface area contributed by atoms with Gasteiger partial charge in [0.2, 0.25) is 0 Å². The SMILES string of the molecule is CSCCC(C)N(C)CCCCCCCCCS. The maximum absolute atomic E-state index is 4.24. The Morgan fingerprint density at radius 3 is 2.11 bits per heavy atom. The minimum absolute atomic E-state index is 0.743. The zero-order valence-corrected chi connectivity index (χ0v) is 14.4. The first-order valence-corrected chi connectivity index (χ1v) is 9.55. The van der Waals surface area contributed by atoms with E-state index in [0.29, 0.717) is 0 Å². The predicted molar refractivity (Wildman–Crippen MR) is 91.3 cm³/mol. The third-order valence-corrected chi connectivity index (χ3v) is 4.62. The Morgan fingerprint density at radius 1 is 1.00 bits per heavy atom. The van der Waals surface area contributed by atoms with Crippen LogP contribution in [0, 0.1) is 0 Å². The highest BCUT2D eigenvalue weighted by molar-refractivity contribution is 7.98. The Bertz CT molecular complexity index is 165. The van der Waals surface area contributed by atoms with Crippen LogP contribution in [0.4, 0.5) is 0 Å². The lowest BCUT2D eigenvalue weighted by Crippen LogP contribution is -2.30. The van der Waals surface area contributed by atoms with E-state index in [2.05, 4.69) is 37.8 Å². The van der Waals surface area contributed by atoms with Gasteiger partial charge in [0.1, 0.15) is 0 Å². The molecule has 1 atom stereocenters. The summed E-state index contributed by atoms with van der Waals surface area (Å²) in [5, 5.41) is 0. The minimum Gasteiger partial charge on any atom is -0.304 e. The van der Waals surface area contributed by atoms with Crippen molar-refractivity contribution in [1.29, 1.82) is 0 Å². The fraction of sp³-hybridized carbons (Fsp3) is 1.00. The fourth-order valence-corrected chi connectivity index (χ4v) is 2.89. The van der Waals surface area contributed by atoms with Crippen molar-refractivity contribution in [1.82, 2.24) is 4.90 Å². The van der Waals surface area contributed by atoms with E-state index in [1.165, 1.54) is 63.7 Å². The van der Waals surface area contributed by atoms with Gasteiger partial charge in [0.05, 0.1) is 0 Å². The van der Waals surface area contributed by atoms with Crippen molar-refractivity contribution in [2.75, 3.05) is 31.4 Å². The second kappa shape index (κ2) is 14.1. The van der Waals surface area contributed by atoms with Gasteiger partial charge in [-0.3, -0.25) is 0 Å². The van der Waals surface area contributed by atoms with Crippen LogP contribution in [0.2, 0.25) is 0 Å². The van der Waals surface area contributed by atoms with Gasteiger partial charge in [-0.05, 0) is 57.5 Å². The van der Waals surface area contributed by atoms with E-state index in [0.717, 1.165) is 11.8 Å². The molecule has 0 aromatic rings. The molecule has 0 heterocycles. The summed E-state index contributed by atoms with van der Waals surface area (Å²) < 4.78 is 0. The summed E-state index contributed by atoms with van der Waals surface area (Å²) in [6, 6.07) is 0.743. The van der Waals surface area contributed by atoms with Gasteiger partial charge in [0.25, 0.3) is 0 Å². The van der Waals surface area contributed by atoms with Crippen molar-refractivity contribution < 1.29 is 0 Å². The molecule has 0 aliphatic rings. The van der Waals surface area contributed by atoms with Gasteiger partial charge in [-0.2, -0.15) is 24.4 Å². The van der Waals surface area contributed by atoms with E-state index in [-0.39, 0.29) is 0 Å². The molecule has 1 nitrogen and oxygen atoms in total. The van der Waals surface area contributed by atoms with Gasteiger partial charge < -0.3 is 4.90 Å². The smallest absolute Gasteiger partial charge is 0.00717 e. The van der Waals surface area contributed by atoms with Crippen molar-refractivity contribution in [2.45, 2.75) is 64.3 Å². The van der Waals surface area contributed by atoms with Crippen LogP contribution in [0.3, 0.4) is 0 Å². The molecule has 1 unspecified atom stereocenters. The average molecular weight is 292 g/mol. The Labute approximate surface area is 125 Å². The lowest BCUT2D eigenvalue weighted by molar-refractivity contribution is 0.247. The van der Waals surface area contributed by atoms with E-state index in [4.69, 9.17) is 0 Å². The summed E-state index contributed by atoms with van der Waals surface area (Å²) in [5.74, 6) is 2.34. The fourth-order valence-electron chi connectivity index (χ4n) is 2.09. The van der Waals surface area contributed by atoms with Crippen molar-refractivity contribution in [3.8, 4) is 0 Å². The van der Waals surface area contributed by atoms with E-state index in [1.54, 1.807) is 0 Å². The van der Waals surface area contributed by atoms with Crippen LogP contribution >= 0.6 is 24.4 Å². The molecule has 0 saturated carbocycles. The second-order valence-corrected chi connectivity index (χ2v) is 6.74. The summed E-state index contributed by atoms with van der Waals surface area (Å²) >= 11 is 6.19. The lowest BCUT2D eigenvalue weighted by atomic mass is 10.1. The van der Waals surface area contributed by atoms with Gasteiger partial charge in [0, 0.05) is 6.04 Å². The zero-order chi connectivity index (χ0) is 13.6. The molecule has 110 valence electrons. The van der Waals surface area contributed by atoms with Crippen molar-refractivity contribution in [2.24, 2.45) is 0 Å². The van der Waals surface area contributed by atoms with Crippen LogP contribution in [0.1, 0.15) is 58.3 Å². The predicted octanol–water partition coefficient (Wildman–Crippen LogP) is 4.72. The van der Waals surface area contributed by atoms with Crippen LogP contribution in [0.5, 0.6) is 0 Å². The number of rotatable bonds is 13. The molecule has 0 radical (unpaired) electrons. The van der Waals surface area contributed by atoms with Crippen LogP contribution < -0.4 is 0 Å². The third kappa shape index (κ3) is 11.7. The van der Waals surface area contributed by atoms with E-state index < -0.39 is 0 Å². The molecule has 0 rings (SSSR count). The van der Waals surface area contributed by atoms with Crippen LogP contribution in [0.25, 0.3) is 0 Å². The van der Waals surface area contributed by atoms with Crippen LogP contribution in [0.15, 0.2) is 0 Å². The Balaban J connectivity index is 3.26. The first kappa shape index (κ1) is 18.7. The molecule has 0 spiro atoms. The number of unbranched alkanes of at least 4 members (excludes halogenated alkanes) is 6. The molecule has 0 aromatic carbocycles. The number of hydrogen-bond donors (Lipinski definition) is 1. The first-order valence-electron chi connectivity index (χ1n) is 7.52. The summed E-state index contributed by atoms with van der Waals surface area (Å²) in [7, 11) is 2.28. The molecule has 18 heavy (non-hydrogen) atoms. The van der Waals surface area contributed by atoms with Gasteiger partial charge in [-0.25, -0.2) is 0 Å². The lowest BCUT2D eigenvalue weighted by Gasteiger charge is -2.24. The van der Waals surface area contributed by atoms with Crippen molar-refractivity contribution in [3.63, 3.8) is 0 Å². The van der Waals surface area contributed by atoms with Crippen molar-refractivity contribution >= 4 is 24.4 Å². The Morgan fingerprint density at radius 2 is 1.56 bits per heavy atom. The normalized spacial score (nSPS) is 13.2. The summed E-state index contributed by atoms with van der Waals surface area (Å²) in [6.07, 6.45) is 13.2. The molecule has 0 fully saturated rings. The number of hydrogen-bond acceptors (Lipinski definition) is 3. The zero-order valence-electron chi connectivity index (χ0n) is 12.7. The van der Waals surface area contributed by atoms with Gasteiger partial charge in [0.15, 0.2) is 0 Å². The first-order chi connectivity index (χ1) is 8.72. The van der Waals surface area contributed by atoms with Crippen LogP contribution in [-0.2, 0) is 0 Å². The molecule has 0 aliphatic heterocycles. The molecular formula is C15H33NS2. The molecule has 0 aliphatic carbocycles. The van der Waals surface area contributed by atoms with E-state index in [1.807, 2.05) is 11.8 Å². The Hall–Kier alpha value is 0.660. The Kier molecular flexibility index (Phi) is 14.6. The molecule has 3 heteroatoms. The largest absolute Gasteiger partial charge is 0.304 e. The molecule has 0 saturated heterocycles. The molecular weight excluding hydrogens is 258 g/mol. The number of thiol groups is 1. The minimum atomic E-state index is 0.743. The maximum atomic E-state index is 4.24. The van der Waals surface area contributed by atoms with Gasteiger partial charge >= 0.3 is 0 Å². The van der Waals surface area contributed by atoms with E-state index >= 15 is 0 Å². The molecule has 0 aromatic heterocycles. The quantitative estimate of drug-likeness (QED) is 0.386. The van der Waals surface area contributed by atoms with Crippen LogP contribution in [-0.4, -0.2) is 42.3 Å². The summed E-state index contributed by atoms with van der Waals surface area (Å²) in [6.45, 7) is 3.62. The summed E-state index contributed by atoms with van der Waals surface area (Å²) in [5.41, 5.74) is 0. The van der Waals surface area contributed by atoms with Gasteiger partial charge in [-0.15, -0.1) is 0 Å². The summed E-state index contributed by atoms with van der Waals surface area (Å²) in [4.78, 5) is 2.52. The van der Waals surface area contributed by atoms with E-state index in [9.17, 15) is 0 Å². The maximum Gasteiger partial charge on any atom is 0.00717 e. The standard InChI is InChI=1S/C15H33NS2/c1-15(11-14-18-3)16(2)12-9-7-5-4-6-8-10-13-17/h15,17H,4-14H2,1-3H3.